The molecule has 0 fully saturated rings. The Morgan fingerprint density at radius 2 is 1.00 bits per heavy atom. The average Bonchev–Trinajstić information content (AvgIpc) is 3.57. The number of unbranched alkanes of at least 4 members (excludes halogenated alkanes) is 2. The number of aromatic nitrogens is 1. The topological polar surface area (TPSA) is 97.1 Å². The van der Waals surface area contributed by atoms with Crippen LogP contribution in [0, 0.1) is 0 Å². The number of nitrogens with zero attached hydrogens (tertiary/aromatic N) is 1. The van der Waals surface area contributed by atoms with Gasteiger partial charge in [0.2, 0.25) is 5.89 Å². The van der Waals surface area contributed by atoms with Crippen molar-refractivity contribution in [2.24, 2.45) is 0 Å². The van der Waals surface area contributed by atoms with Gasteiger partial charge in [-0.05, 0) is 110 Å². The van der Waals surface area contributed by atoms with Gasteiger partial charge in [-0.2, -0.15) is 0 Å². The summed E-state index contributed by atoms with van der Waals surface area (Å²) in [4.78, 5) is 29.6. The zero-order valence-electron chi connectivity index (χ0n) is 25.4. The second kappa shape index (κ2) is 15.4. The number of rotatable bonds is 14. The highest BCUT2D eigenvalue weighted by atomic mass is 16.5. The van der Waals surface area contributed by atoms with Crippen molar-refractivity contribution < 1.29 is 33.0 Å². The van der Waals surface area contributed by atoms with Crippen molar-refractivity contribution in [1.29, 1.82) is 0 Å². The van der Waals surface area contributed by atoms with Gasteiger partial charge in [-0.15, -0.1) is 0 Å². The Balaban J connectivity index is 1.14. The smallest absolute Gasteiger partial charge is 0.343 e. The first-order valence-corrected chi connectivity index (χ1v) is 15.1. The van der Waals surface area contributed by atoms with E-state index >= 15 is 0 Å². The summed E-state index contributed by atoms with van der Waals surface area (Å²) >= 11 is 0. The third-order valence-electron chi connectivity index (χ3n) is 6.88. The standard InChI is InChI=1S/C37H35NO7/c1-3-5-23-41-30-15-11-28(12-16-30)36(39)43-32-19-7-26(8-20-32)34-25-38-35(45-34)27-9-21-33(22-10-27)44-37(40)29-13-17-31(18-14-29)42-24-6-4-2/h7-22,25H,3-6,23-24H2,1-2H3. The zero-order valence-corrected chi connectivity index (χ0v) is 25.4. The molecule has 230 valence electrons. The predicted molar refractivity (Wildman–Crippen MR) is 171 cm³/mol. The van der Waals surface area contributed by atoms with Crippen molar-refractivity contribution >= 4 is 11.9 Å². The van der Waals surface area contributed by atoms with Crippen LogP contribution in [0.4, 0.5) is 0 Å². The quantitative estimate of drug-likeness (QED) is 0.0704. The monoisotopic (exact) mass is 605 g/mol. The van der Waals surface area contributed by atoms with Crippen LogP contribution in [0.15, 0.2) is 108 Å². The van der Waals surface area contributed by atoms with Gasteiger partial charge in [-0.1, -0.05) is 26.7 Å². The number of benzene rings is 4. The van der Waals surface area contributed by atoms with Gasteiger partial charge in [-0.3, -0.25) is 0 Å². The maximum Gasteiger partial charge on any atom is 0.343 e. The lowest BCUT2D eigenvalue weighted by molar-refractivity contribution is 0.0725. The molecule has 0 aliphatic rings. The molecule has 0 amide bonds. The van der Waals surface area contributed by atoms with Gasteiger partial charge in [0.15, 0.2) is 5.76 Å². The number of oxazole rings is 1. The molecule has 1 aromatic heterocycles. The van der Waals surface area contributed by atoms with Gasteiger partial charge >= 0.3 is 11.9 Å². The lowest BCUT2D eigenvalue weighted by Gasteiger charge is -2.07. The van der Waals surface area contributed by atoms with Crippen LogP contribution < -0.4 is 18.9 Å². The van der Waals surface area contributed by atoms with Crippen molar-refractivity contribution in [3.63, 3.8) is 0 Å². The van der Waals surface area contributed by atoms with E-state index in [-0.39, 0.29) is 0 Å². The Morgan fingerprint density at radius 1 is 0.578 bits per heavy atom. The molecule has 0 atom stereocenters. The summed E-state index contributed by atoms with van der Waals surface area (Å²) in [5.74, 6) is 2.32. The Morgan fingerprint density at radius 3 is 1.44 bits per heavy atom. The second-order valence-corrected chi connectivity index (χ2v) is 10.3. The van der Waals surface area contributed by atoms with Gasteiger partial charge in [0, 0.05) is 11.1 Å². The molecule has 8 nitrogen and oxygen atoms in total. The van der Waals surface area contributed by atoms with Crippen LogP contribution >= 0.6 is 0 Å². The first kappa shape index (κ1) is 31.1. The van der Waals surface area contributed by atoms with Gasteiger partial charge in [0.1, 0.15) is 23.0 Å². The minimum Gasteiger partial charge on any atom is -0.494 e. The number of carbonyl (C=O) groups excluding carboxylic acids is 2. The normalized spacial score (nSPS) is 10.7. The largest absolute Gasteiger partial charge is 0.494 e. The fraction of sp³-hybridized carbons (Fsp3) is 0.216. The van der Waals surface area contributed by atoms with E-state index in [9.17, 15) is 9.59 Å². The summed E-state index contributed by atoms with van der Waals surface area (Å²) in [6.07, 6.45) is 5.70. The van der Waals surface area contributed by atoms with Crippen molar-refractivity contribution in [3.8, 4) is 45.8 Å². The average molecular weight is 606 g/mol. The first-order chi connectivity index (χ1) is 22.0. The van der Waals surface area contributed by atoms with Crippen molar-refractivity contribution in [2.75, 3.05) is 13.2 Å². The molecule has 4 aromatic carbocycles. The lowest BCUT2D eigenvalue weighted by Crippen LogP contribution is -2.08. The molecule has 0 radical (unpaired) electrons. The summed E-state index contributed by atoms with van der Waals surface area (Å²) in [6.45, 7) is 5.50. The summed E-state index contributed by atoms with van der Waals surface area (Å²) in [5.41, 5.74) is 2.36. The van der Waals surface area contributed by atoms with Gasteiger partial charge in [-0.25, -0.2) is 14.6 Å². The summed E-state index contributed by atoms with van der Waals surface area (Å²) in [6, 6.07) is 27.7. The van der Waals surface area contributed by atoms with Crippen molar-refractivity contribution in [2.45, 2.75) is 39.5 Å². The molecular weight excluding hydrogens is 570 g/mol. The highest BCUT2D eigenvalue weighted by Gasteiger charge is 2.13. The molecule has 8 heteroatoms. The fourth-order valence-corrected chi connectivity index (χ4v) is 4.27. The molecule has 0 spiro atoms. The van der Waals surface area contributed by atoms with E-state index in [0.717, 1.165) is 48.3 Å². The second-order valence-electron chi connectivity index (χ2n) is 10.3. The molecule has 0 saturated heterocycles. The molecule has 0 aliphatic heterocycles. The van der Waals surface area contributed by atoms with E-state index < -0.39 is 11.9 Å². The maximum absolute atomic E-state index is 12.6. The van der Waals surface area contributed by atoms with E-state index in [1.165, 1.54) is 0 Å². The van der Waals surface area contributed by atoms with E-state index in [1.807, 2.05) is 0 Å². The van der Waals surface area contributed by atoms with Crippen LogP contribution in [0.1, 0.15) is 60.2 Å². The number of ether oxygens (including phenoxy) is 4. The van der Waals surface area contributed by atoms with Crippen LogP contribution in [-0.4, -0.2) is 30.1 Å². The summed E-state index contributed by atoms with van der Waals surface area (Å²) in [7, 11) is 0. The highest BCUT2D eigenvalue weighted by molar-refractivity contribution is 5.91. The number of esters is 2. The Labute approximate surface area is 262 Å². The Hall–Kier alpha value is -5.37. The number of carbonyl (C=O) groups is 2. The van der Waals surface area contributed by atoms with Crippen molar-refractivity contribution in [3.05, 3.63) is 114 Å². The van der Waals surface area contributed by atoms with E-state index in [1.54, 1.807) is 103 Å². The minimum absolute atomic E-state index is 0.403. The molecule has 45 heavy (non-hydrogen) atoms. The third-order valence-corrected chi connectivity index (χ3v) is 6.88. The number of hydrogen-bond acceptors (Lipinski definition) is 8. The third kappa shape index (κ3) is 8.60. The Kier molecular flexibility index (Phi) is 10.6. The van der Waals surface area contributed by atoms with E-state index in [4.69, 9.17) is 23.4 Å². The molecule has 5 aromatic rings. The highest BCUT2D eigenvalue weighted by Crippen LogP contribution is 2.29. The van der Waals surface area contributed by atoms with Crippen LogP contribution in [0.2, 0.25) is 0 Å². The van der Waals surface area contributed by atoms with Gasteiger partial charge in [0.05, 0.1) is 30.5 Å². The minimum atomic E-state index is -0.458. The van der Waals surface area contributed by atoms with E-state index in [2.05, 4.69) is 18.8 Å². The predicted octanol–water partition coefficient (Wildman–Crippen LogP) is 8.80. The fourth-order valence-electron chi connectivity index (χ4n) is 4.27. The molecular formula is C37H35NO7. The summed E-state index contributed by atoms with van der Waals surface area (Å²) < 4.78 is 28.3. The molecule has 0 bridgehead atoms. The molecule has 5 rings (SSSR count). The maximum atomic E-state index is 12.6. The van der Waals surface area contributed by atoms with Crippen LogP contribution in [0.25, 0.3) is 22.8 Å². The van der Waals surface area contributed by atoms with E-state index in [0.29, 0.717) is 47.5 Å². The zero-order chi connectivity index (χ0) is 31.4. The molecule has 0 aliphatic carbocycles. The Bertz CT molecular complexity index is 1550. The van der Waals surface area contributed by atoms with Gasteiger partial charge < -0.3 is 23.4 Å². The SMILES string of the molecule is CCCCOc1ccc(C(=O)Oc2ccc(-c3cnc(-c4ccc(OC(=O)c5ccc(OCCCC)cc5)cc4)o3)cc2)cc1. The van der Waals surface area contributed by atoms with Gasteiger partial charge in [0.25, 0.3) is 0 Å². The van der Waals surface area contributed by atoms with Crippen LogP contribution in [0.5, 0.6) is 23.0 Å². The van der Waals surface area contributed by atoms with Crippen LogP contribution in [-0.2, 0) is 0 Å². The molecule has 0 unspecified atom stereocenters. The van der Waals surface area contributed by atoms with Crippen molar-refractivity contribution in [1.82, 2.24) is 4.98 Å². The number of hydrogen-bond donors (Lipinski definition) is 0. The molecule has 1 heterocycles. The molecule has 0 N–H and O–H groups in total. The summed E-state index contributed by atoms with van der Waals surface area (Å²) in [5, 5.41) is 0. The first-order valence-electron chi connectivity index (χ1n) is 15.1. The lowest BCUT2D eigenvalue weighted by atomic mass is 10.2. The molecule has 0 saturated carbocycles. The van der Waals surface area contributed by atoms with Crippen LogP contribution in [0.3, 0.4) is 0 Å².